The van der Waals surface area contributed by atoms with Crippen molar-refractivity contribution in [3.63, 3.8) is 0 Å². The first-order chi connectivity index (χ1) is 10.7. The molecule has 0 saturated heterocycles. The van der Waals surface area contributed by atoms with Gasteiger partial charge in [0.25, 0.3) is 0 Å². The van der Waals surface area contributed by atoms with Crippen LogP contribution in [0.5, 0.6) is 0 Å². The molecule has 2 atom stereocenters. The lowest BCUT2D eigenvalue weighted by Gasteiger charge is -2.15. The van der Waals surface area contributed by atoms with Crippen molar-refractivity contribution in [2.45, 2.75) is 38.7 Å². The second-order valence-corrected chi connectivity index (χ2v) is 5.78. The quantitative estimate of drug-likeness (QED) is 0.557. The highest BCUT2D eigenvalue weighted by molar-refractivity contribution is 5.79. The molecule has 1 aliphatic rings. The molecule has 0 bridgehead atoms. The second-order valence-electron chi connectivity index (χ2n) is 5.78. The third-order valence-corrected chi connectivity index (χ3v) is 4.07. The zero-order valence-electron chi connectivity index (χ0n) is 13.2. The number of nitrogens with one attached hydrogen (secondary N) is 2. The average Bonchev–Trinajstić information content (AvgIpc) is 2.92. The Morgan fingerprint density at radius 2 is 2.05 bits per heavy atom. The highest BCUT2D eigenvalue weighted by Gasteiger charge is 2.24. The summed E-state index contributed by atoms with van der Waals surface area (Å²) in [5.74, 6) is 0.859. The van der Waals surface area contributed by atoms with Crippen LogP contribution in [0.1, 0.15) is 31.7 Å². The van der Waals surface area contributed by atoms with Crippen molar-refractivity contribution < 1.29 is 9.50 Å². The predicted molar refractivity (Wildman–Crippen MR) is 87.4 cm³/mol. The van der Waals surface area contributed by atoms with Crippen LogP contribution < -0.4 is 10.6 Å². The molecule has 2 rings (SSSR count). The third-order valence-electron chi connectivity index (χ3n) is 4.07. The fraction of sp³-hybridized carbons (Fsp3) is 0.588. The molecule has 1 aromatic rings. The van der Waals surface area contributed by atoms with Gasteiger partial charge < -0.3 is 15.7 Å². The van der Waals surface area contributed by atoms with E-state index in [4.69, 9.17) is 0 Å². The van der Waals surface area contributed by atoms with Gasteiger partial charge in [-0.3, -0.25) is 4.99 Å². The number of benzene rings is 1. The van der Waals surface area contributed by atoms with Crippen LogP contribution >= 0.6 is 0 Å². The van der Waals surface area contributed by atoms with Crippen molar-refractivity contribution in [2.24, 2.45) is 10.9 Å². The fourth-order valence-electron chi connectivity index (χ4n) is 2.76. The molecule has 0 spiro atoms. The molecule has 1 fully saturated rings. The molecule has 0 aromatic heterocycles. The molecule has 122 valence electrons. The van der Waals surface area contributed by atoms with Crippen LogP contribution in [-0.4, -0.2) is 36.8 Å². The summed E-state index contributed by atoms with van der Waals surface area (Å²) in [6, 6.07) is 6.57. The van der Waals surface area contributed by atoms with E-state index in [1.807, 2.05) is 6.92 Å². The van der Waals surface area contributed by atoms with Crippen molar-refractivity contribution in [1.29, 1.82) is 0 Å². The van der Waals surface area contributed by atoms with Gasteiger partial charge >= 0.3 is 0 Å². The Morgan fingerprint density at radius 3 is 2.68 bits per heavy atom. The molecule has 5 heteroatoms. The van der Waals surface area contributed by atoms with Crippen molar-refractivity contribution in [1.82, 2.24) is 10.6 Å². The van der Waals surface area contributed by atoms with Crippen LogP contribution in [-0.2, 0) is 6.42 Å². The van der Waals surface area contributed by atoms with E-state index in [1.165, 1.54) is 12.1 Å². The molecule has 1 aliphatic carbocycles. The molecule has 1 saturated carbocycles. The summed E-state index contributed by atoms with van der Waals surface area (Å²) < 4.78 is 12.9. The van der Waals surface area contributed by atoms with Gasteiger partial charge in [0.1, 0.15) is 5.82 Å². The molecule has 2 unspecified atom stereocenters. The Bertz CT molecular complexity index is 475. The number of aliphatic hydroxyl groups is 1. The molecule has 0 radical (unpaired) electrons. The van der Waals surface area contributed by atoms with Crippen LogP contribution in [0.2, 0.25) is 0 Å². The van der Waals surface area contributed by atoms with Gasteiger partial charge in [0.05, 0.1) is 6.10 Å². The van der Waals surface area contributed by atoms with E-state index in [0.29, 0.717) is 6.54 Å². The smallest absolute Gasteiger partial charge is 0.191 e. The molecule has 0 aliphatic heterocycles. The Kier molecular flexibility index (Phi) is 6.65. The van der Waals surface area contributed by atoms with Gasteiger partial charge in [-0.05, 0) is 43.9 Å². The number of aliphatic imine (C=N–C) groups is 1. The monoisotopic (exact) mass is 307 g/mol. The van der Waals surface area contributed by atoms with Crippen LogP contribution in [0.3, 0.4) is 0 Å². The number of aliphatic hydroxyl groups excluding tert-OH is 1. The molecule has 0 amide bonds. The molecular formula is C17H26FN3O. The van der Waals surface area contributed by atoms with Gasteiger partial charge in [0.15, 0.2) is 5.96 Å². The topological polar surface area (TPSA) is 56.7 Å². The van der Waals surface area contributed by atoms with Crippen molar-refractivity contribution >= 4 is 5.96 Å². The number of guanidine groups is 1. The predicted octanol–water partition coefficient (Wildman–Crippen LogP) is 2.08. The molecule has 4 nitrogen and oxygen atoms in total. The molecular weight excluding hydrogens is 281 g/mol. The number of nitrogens with zero attached hydrogens (tertiary/aromatic N) is 1. The Morgan fingerprint density at radius 1 is 1.27 bits per heavy atom. The maximum atomic E-state index is 12.9. The molecule has 22 heavy (non-hydrogen) atoms. The summed E-state index contributed by atoms with van der Waals surface area (Å²) in [4.78, 5) is 4.57. The van der Waals surface area contributed by atoms with Crippen molar-refractivity contribution in [3.05, 3.63) is 35.6 Å². The third kappa shape index (κ3) is 5.30. The van der Waals surface area contributed by atoms with Gasteiger partial charge in [0.2, 0.25) is 0 Å². The maximum absolute atomic E-state index is 12.9. The lowest BCUT2D eigenvalue weighted by molar-refractivity contribution is 0.136. The number of hydrogen-bond donors (Lipinski definition) is 3. The summed E-state index contributed by atoms with van der Waals surface area (Å²) >= 11 is 0. The zero-order valence-corrected chi connectivity index (χ0v) is 13.2. The minimum atomic E-state index is -0.207. The lowest BCUT2D eigenvalue weighted by Crippen LogP contribution is -2.39. The maximum Gasteiger partial charge on any atom is 0.191 e. The second kappa shape index (κ2) is 8.73. The first-order valence-corrected chi connectivity index (χ1v) is 8.13. The Labute approximate surface area is 131 Å². The number of halogens is 1. The van der Waals surface area contributed by atoms with E-state index in [9.17, 15) is 9.50 Å². The first-order valence-electron chi connectivity index (χ1n) is 8.13. The SMILES string of the molecule is CCNC(=NCC1CCCC1O)NCCc1ccc(F)cc1. The van der Waals surface area contributed by atoms with E-state index in [2.05, 4.69) is 15.6 Å². The van der Waals surface area contributed by atoms with Gasteiger partial charge in [-0.25, -0.2) is 4.39 Å². The minimum absolute atomic E-state index is 0.203. The van der Waals surface area contributed by atoms with Crippen molar-refractivity contribution in [3.8, 4) is 0 Å². The van der Waals surface area contributed by atoms with Gasteiger partial charge in [-0.15, -0.1) is 0 Å². The van der Waals surface area contributed by atoms with E-state index in [1.54, 1.807) is 12.1 Å². The number of hydrogen-bond acceptors (Lipinski definition) is 2. The highest BCUT2D eigenvalue weighted by atomic mass is 19.1. The van der Waals surface area contributed by atoms with Crippen LogP contribution in [0.25, 0.3) is 0 Å². The Hall–Kier alpha value is -1.62. The van der Waals surface area contributed by atoms with Gasteiger partial charge in [-0.2, -0.15) is 0 Å². The van der Waals surface area contributed by atoms with E-state index in [0.717, 1.165) is 50.3 Å². The summed E-state index contributed by atoms with van der Waals surface area (Å²) in [7, 11) is 0. The summed E-state index contributed by atoms with van der Waals surface area (Å²) in [5, 5.41) is 16.3. The standard InChI is InChI=1S/C17H26FN3O/c1-2-19-17(21-12-14-4-3-5-16(14)22)20-11-10-13-6-8-15(18)9-7-13/h6-9,14,16,22H,2-5,10-12H2,1H3,(H2,19,20,21). The summed E-state index contributed by atoms with van der Waals surface area (Å²) in [6.45, 7) is 4.23. The lowest BCUT2D eigenvalue weighted by atomic mass is 10.1. The van der Waals surface area contributed by atoms with E-state index < -0.39 is 0 Å². The first kappa shape index (κ1) is 16.7. The molecule has 0 heterocycles. The Balaban J connectivity index is 1.79. The molecule has 1 aromatic carbocycles. The van der Waals surface area contributed by atoms with Crippen molar-refractivity contribution in [2.75, 3.05) is 19.6 Å². The largest absolute Gasteiger partial charge is 0.393 e. The van der Waals surface area contributed by atoms with Crippen LogP contribution in [0.4, 0.5) is 4.39 Å². The average molecular weight is 307 g/mol. The highest BCUT2D eigenvalue weighted by Crippen LogP contribution is 2.25. The fourth-order valence-corrected chi connectivity index (χ4v) is 2.76. The normalized spacial score (nSPS) is 21.9. The zero-order chi connectivity index (χ0) is 15.8. The minimum Gasteiger partial charge on any atom is -0.393 e. The summed E-state index contributed by atoms with van der Waals surface area (Å²) in [6.07, 6.45) is 3.66. The van der Waals surface area contributed by atoms with E-state index >= 15 is 0 Å². The van der Waals surface area contributed by atoms with Crippen LogP contribution in [0.15, 0.2) is 29.3 Å². The summed E-state index contributed by atoms with van der Waals surface area (Å²) in [5.41, 5.74) is 1.09. The van der Waals surface area contributed by atoms with Gasteiger partial charge in [0, 0.05) is 25.6 Å². The van der Waals surface area contributed by atoms with Crippen LogP contribution in [0, 0.1) is 11.7 Å². The van der Waals surface area contributed by atoms with E-state index in [-0.39, 0.29) is 17.8 Å². The molecule has 3 N–H and O–H groups in total. The number of rotatable bonds is 6. The van der Waals surface area contributed by atoms with Gasteiger partial charge in [-0.1, -0.05) is 18.6 Å².